The first-order valence-corrected chi connectivity index (χ1v) is 6.00. The van der Waals surface area contributed by atoms with E-state index in [0.29, 0.717) is 0 Å². The number of aromatic nitrogens is 2. The van der Waals surface area contributed by atoms with Crippen molar-refractivity contribution in [1.29, 1.82) is 0 Å². The zero-order valence-electron chi connectivity index (χ0n) is 9.89. The number of nitrogens with zero attached hydrogens (tertiary/aromatic N) is 2. The Morgan fingerprint density at radius 1 is 1.50 bits per heavy atom. The van der Waals surface area contributed by atoms with Crippen LogP contribution in [0.3, 0.4) is 0 Å². The number of aryl methyl sites for hydroxylation is 2. The molecular weight excluding hydrogens is 222 g/mol. The minimum absolute atomic E-state index is 0.724. The molecule has 0 fully saturated rings. The molecule has 0 aliphatic heterocycles. The molecule has 0 amide bonds. The second kappa shape index (κ2) is 6.57. The lowest BCUT2D eigenvalue weighted by Gasteiger charge is -2.05. The van der Waals surface area contributed by atoms with Gasteiger partial charge in [0.05, 0.1) is 16.4 Å². The molecule has 0 unspecified atom stereocenters. The highest BCUT2D eigenvalue weighted by Crippen LogP contribution is 2.21. The van der Waals surface area contributed by atoms with Crippen LogP contribution in [-0.2, 0) is 19.5 Å². The largest absolute Gasteiger partial charge is 0.310 e. The average Bonchev–Trinajstić information content (AvgIpc) is 2.61. The third kappa shape index (κ3) is 3.01. The maximum Gasteiger partial charge on any atom is 0.0863 e. The molecule has 0 bridgehead atoms. The molecule has 0 atom stereocenters. The molecule has 1 aromatic rings. The molecule has 0 aliphatic rings. The number of nitrogens with one attached hydrogen (secondary N) is 1. The predicted molar refractivity (Wildman–Crippen MR) is 67.4 cm³/mol. The molecule has 4 heteroatoms. The summed E-state index contributed by atoms with van der Waals surface area (Å²) in [6.45, 7) is 6.49. The molecule has 0 saturated carbocycles. The molecule has 16 heavy (non-hydrogen) atoms. The van der Waals surface area contributed by atoms with Crippen LogP contribution in [0.2, 0.25) is 5.02 Å². The van der Waals surface area contributed by atoms with Crippen LogP contribution >= 0.6 is 11.6 Å². The van der Waals surface area contributed by atoms with Gasteiger partial charge in [0.25, 0.3) is 0 Å². The van der Waals surface area contributed by atoms with Gasteiger partial charge in [0.1, 0.15) is 0 Å². The van der Waals surface area contributed by atoms with Crippen molar-refractivity contribution in [3.8, 4) is 12.3 Å². The Labute approximate surface area is 102 Å². The molecule has 1 rings (SSSR count). The van der Waals surface area contributed by atoms with E-state index in [0.717, 1.165) is 48.9 Å². The fraction of sp³-hybridized carbons (Fsp3) is 0.583. The van der Waals surface area contributed by atoms with E-state index in [-0.39, 0.29) is 0 Å². The van der Waals surface area contributed by atoms with Gasteiger partial charge in [-0.15, -0.1) is 12.3 Å². The fourth-order valence-corrected chi connectivity index (χ4v) is 1.89. The minimum Gasteiger partial charge on any atom is -0.310 e. The predicted octanol–water partition coefficient (Wildman–Crippen LogP) is 2.23. The lowest BCUT2D eigenvalue weighted by atomic mass is 10.3. The average molecular weight is 240 g/mol. The molecule has 0 aromatic carbocycles. The Hall–Kier alpha value is -0.980. The summed E-state index contributed by atoms with van der Waals surface area (Å²) in [5.41, 5.74) is 2.02. The number of hydrogen-bond acceptors (Lipinski definition) is 2. The summed E-state index contributed by atoms with van der Waals surface area (Å²) in [7, 11) is 0. The summed E-state index contributed by atoms with van der Waals surface area (Å²) in [6.07, 6.45) is 6.78. The highest BCUT2D eigenvalue weighted by atomic mass is 35.5. The van der Waals surface area contributed by atoms with Crippen LogP contribution in [-0.4, -0.2) is 16.3 Å². The van der Waals surface area contributed by atoms with E-state index >= 15 is 0 Å². The van der Waals surface area contributed by atoms with E-state index in [1.165, 1.54) is 0 Å². The van der Waals surface area contributed by atoms with Gasteiger partial charge >= 0.3 is 0 Å². The number of hydrogen-bond donors (Lipinski definition) is 1. The van der Waals surface area contributed by atoms with Crippen LogP contribution in [0.1, 0.15) is 31.7 Å². The number of rotatable bonds is 6. The van der Waals surface area contributed by atoms with Crippen molar-refractivity contribution in [2.45, 2.75) is 39.8 Å². The molecule has 0 spiro atoms. The standard InChI is InChI=1S/C12H18ClN3/c1-4-7-8-14-9-11-12(13)10(5-2)15-16(11)6-3/h1,14H,5-9H2,2-3H3. The lowest BCUT2D eigenvalue weighted by Crippen LogP contribution is -2.17. The van der Waals surface area contributed by atoms with Gasteiger partial charge in [-0.1, -0.05) is 18.5 Å². The van der Waals surface area contributed by atoms with Crippen LogP contribution in [0.4, 0.5) is 0 Å². The van der Waals surface area contributed by atoms with Crippen molar-refractivity contribution >= 4 is 11.6 Å². The monoisotopic (exact) mass is 239 g/mol. The topological polar surface area (TPSA) is 29.9 Å². The molecule has 0 saturated heterocycles. The zero-order chi connectivity index (χ0) is 12.0. The molecule has 0 aliphatic carbocycles. The van der Waals surface area contributed by atoms with Crippen LogP contribution in [0.25, 0.3) is 0 Å². The Balaban J connectivity index is 2.70. The second-order valence-electron chi connectivity index (χ2n) is 3.51. The minimum atomic E-state index is 0.724. The van der Waals surface area contributed by atoms with Crippen molar-refractivity contribution < 1.29 is 0 Å². The third-order valence-electron chi connectivity index (χ3n) is 2.43. The number of halogens is 1. The van der Waals surface area contributed by atoms with Crippen LogP contribution < -0.4 is 5.32 Å². The Bertz CT molecular complexity index is 376. The Morgan fingerprint density at radius 2 is 2.25 bits per heavy atom. The van der Waals surface area contributed by atoms with Crippen LogP contribution in [0.5, 0.6) is 0 Å². The van der Waals surface area contributed by atoms with Gasteiger partial charge in [-0.3, -0.25) is 4.68 Å². The molecule has 1 aromatic heterocycles. The first-order chi connectivity index (χ1) is 7.74. The normalized spacial score (nSPS) is 10.4. The van der Waals surface area contributed by atoms with Crippen molar-refractivity contribution in [3.63, 3.8) is 0 Å². The summed E-state index contributed by atoms with van der Waals surface area (Å²) >= 11 is 6.26. The highest BCUT2D eigenvalue weighted by Gasteiger charge is 2.13. The smallest absolute Gasteiger partial charge is 0.0863 e. The SMILES string of the molecule is C#CCCNCc1c(Cl)c(CC)nn1CC. The Morgan fingerprint density at radius 3 is 2.81 bits per heavy atom. The van der Waals surface area contributed by atoms with Crippen LogP contribution in [0.15, 0.2) is 0 Å². The van der Waals surface area contributed by atoms with Crippen LogP contribution in [0, 0.1) is 12.3 Å². The molecule has 3 nitrogen and oxygen atoms in total. The Kier molecular flexibility index (Phi) is 5.37. The van der Waals surface area contributed by atoms with Crippen molar-refractivity contribution in [2.24, 2.45) is 0 Å². The summed E-state index contributed by atoms with van der Waals surface area (Å²) in [5, 5.41) is 8.51. The van der Waals surface area contributed by atoms with Gasteiger partial charge in [-0.2, -0.15) is 5.10 Å². The maximum atomic E-state index is 6.26. The van der Waals surface area contributed by atoms with Gasteiger partial charge in [-0.25, -0.2) is 0 Å². The van der Waals surface area contributed by atoms with E-state index in [9.17, 15) is 0 Å². The first kappa shape index (κ1) is 13.1. The summed E-state index contributed by atoms with van der Waals surface area (Å²) in [6, 6.07) is 0. The zero-order valence-corrected chi connectivity index (χ0v) is 10.6. The quantitative estimate of drug-likeness (QED) is 0.610. The number of terminal acetylenes is 1. The van der Waals surface area contributed by atoms with Gasteiger partial charge in [0.2, 0.25) is 0 Å². The summed E-state index contributed by atoms with van der Waals surface area (Å²) < 4.78 is 1.95. The second-order valence-corrected chi connectivity index (χ2v) is 3.89. The van der Waals surface area contributed by atoms with Gasteiger partial charge < -0.3 is 5.32 Å². The van der Waals surface area contributed by atoms with E-state index in [2.05, 4.69) is 30.2 Å². The molecule has 1 N–H and O–H groups in total. The lowest BCUT2D eigenvalue weighted by molar-refractivity contribution is 0.581. The molecule has 88 valence electrons. The first-order valence-electron chi connectivity index (χ1n) is 5.62. The van der Waals surface area contributed by atoms with Crippen molar-refractivity contribution in [2.75, 3.05) is 6.54 Å². The molecule has 0 radical (unpaired) electrons. The summed E-state index contributed by atoms with van der Waals surface area (Å²) in [4.78, 5) is 0. The molecule has 1 heterocycles. The third-order valence-corrected chi connectivity index (χ3v) is 2.87. The van der Waals surface area contributed by atoms with Crippen molar-refractivity contribution in [3.05, 3.63) is 16.4 Å². The van der Waals surface area contributed by atoms with Gasteiger partial charge in [0.15, 0.2) is 0 Å². The fourth-order valence-electron chi connectivity index (χ4n) is 1.55. The van der Waals surface area contributed by atoms with E-state index in [1.807, 2.05) is 4.68 Å². The van der Waals surface area contributed by atoms with E-state index in [1.54, 1.807) is 0 Å². The summed E-state index contributed by atoms with van der Waals surface area (Å²) in [5.74, 6) is 2.60. The maximum absolute atomic E-state index is 6.26. The van der Waals surface area contributed by atoms with Gasteiger partial charge in [-0.05, 0) is 13.3 Å². The van der Waals surface area contributed by atoms with E-state index < -0.39 is 0 Å². The molecular formula is C12H18ClN3. The van der Waals surface area contributed by atoms with Crippen molar-refractivity contribution in [1.82, 2.24) is 15.1 Å². The van der Waals surface area contributed by atoms with Gasteiger partial charge in [0, 0.05) is 26.1 Å². The van der Waals surface area contributed by atoms with E-state index in [4.69, 9.17) is 18.0 Å². The highest BCUT2D eigenvalue weighted by molar-refractivity contribution is 6.31.